The van der Waals surface area contributed by atoms with Gasteiger partial charge in [0.1, 0.15) is 0 Å². The minimum Gasteiger partial charge on any atom is -0.387 e. The first-order valence-corrected chi connectivity index (χ1v) is 7.42. The number of halogens is 1. The monoisotopic (exact) mass is 271 g/mol. The van der Waals surface area contributed by atoms with Crippen molar-refractivity contribution in [3.05, 3.63) is 34.9 Å². The molecule has 3 N–H and O–H groups in total. The van der Waals surface area contributed by atoms with E-state index >= 15 is 0 Å². The molecule has 94 valence electrons. The van der Waals surface area contributed by atoms with Gasteiger partial charge in [0, 0.05) is 23.1 Å². The van der Waals surface area contributed by atoms with Crippen LogP contribution in [0.1, 0.15) is 18.4 Å². The van der Waals surface area contributed by atoms with Gasteiger partial charge in [0.25, 0.3) is 0 Å². The van der Waals surface area contributed by atoms with Gasteiger partial charge in [-0.1, -0.05) is 23.7 Å². The first-order chi connectivity index (χ1) is 8.14. The van der Waals surface area contributed by atoms with Gasteiger partial charge in [-0.3, -0.25) is 0 Å². The Kier molecular flexibility index (Phi) is 4.36. The lowest BCUT2D eigenvalue weighted by molar-refractivity contribution is 0.0510. The summed E-state index contributed by atoms with van der Waals surface area (Å²) in [6, 6.07) is 7.84. The molecule has 4 heteroatoms. The lowest BCUT2D eigenvalue weighted by Crippen LogP contribution is -2.42. The molecule has 17 heavy (non-hydrogen) atoms. The molecule has 0 bridgehead atoms. The highest BCUT2D eigenvalue weighted by molar-refractivity contribution is 7.98. The van der Waals surface area contributed by atoms with Crippen molar-refractivity contribution in [3.8, 4) is 0 Å². The number of hydrogen-bond acceptors (Lipinski definition) is 3. The zero-order chi connectivity index (χ0) is 12.3. The second-order valence-corrected chi connectivity index (χ2v) is 6.12. The Morgan fingerprint density at radius 3 is 2.53 bits per heavy atom. The van der Waals surface area contributed by atoms with Gasteiger partial charge in [0.05, 0.1) is 5.60 Å². The van der Waals surface area contributed by atoms with Crippen molar-refractivity contribution < 1.29 is 5.11 Å². The van der Waals surface area contributed by atoms with Gasteiger partial charge in [-0.15, -0.1) is 0 Å². The molecule has 1 unspecified atom stereocenters. The van der Waals surface area contributed by atoms with Crippen LogP contribution in [-0.2, 0) is 5.75 Å². The molecule has 1 aliphatic rings. The van der Waals surface area contributed by atoms with Gasteiger partial charge in [-0.2, -0.15) is 11.8 Å². The molecule has 0 aliphatic heterocycles. The molecule has 2 rings (SSSR count). The van der Waals surface area contributed by atoms with Gasteiger partial charge in [-0.05, 0) is 36.5 Å². The molecule has 1 aromatic carbocycles. The van der Waals surface area contributed by atoms with E-state index in [0.717, 1.165) is 29.4 Å². The summed E-state index contributed by atoms with van der Waals surface area (Å²) in [4.78, 5) is 0. The zero-order valence-corrected chi connectivity index (χ0v) is 11.3. The van der Waals surface area contributed by atoms with Crippen molar-refractivity contribution in [2.24, 2.45) is 11.7 Å². The Morgan fingerprint density at radius 1 is 1.35 bits per heavy atom. The summed E-state index contributed by atoms with van der Waals surface area (Å²) in [5.41, 5.74) is 6.24. The minimum atomic E-state index is -0.656. The third-order valence-corrected chi connectivity index (χ3v) is 4.72. The van der Waals surface area contributed by atoms with Crippen molar-refractivity contribution in [2.45, 2.75) is 24.2 Å². The summed E-state index contributed by atoms with van der Waals surface area (Å²) in [6.45, 7) is 0.366. The van der Waals surface area contributed by atoms with Crippen LogP contribution in [0.25, 0.3) is 0 Å². The van der Waals surface area contributed by atoms with E-state index in [1.807, 2.05) is 24.3 Å². The number of rotatable bonds is 6. The smallest absolute Gasteiger partial charge is 0.0887 e. The molecule has 1 aliphatic carbocycles. The highest BCUT2D eigenvalue weighted by atomic mass is 35.5. The standard InChI is InChI=1S/C13H18ClNOS/c14-12-5-1-10(2-6-12)7-17-9-13(16,8-15)11-3-4-11/h1-2,5-6,11,16H,3-4,7-9,15H2. The summed E-state index contributed by atoms with van der Waals surface area (Å²) in [7, 11) is 0. The first-order valence-electron chi connectivity index (χ1n) is 5.89. The van der Waals surface area contributed by atoms with Crippen molar-refractivity contribution in [1.82, 2.24) is 0 Å². The molecule has 0 spiro atoms. The molecule has 0 radical (unpaired) electrons. The van der Waals surface area contributed by atoms with E-state index in [4.69, 9.17) is 17.3 Å². The van der Waals surface area contributed by atoms with Crippen LogP contribution in [-0.4, -0.2) is 23.0 Å². The molecular formula is C13H18ClNOS. The molecule has 0 aromatic heterocycles. The fourth-order valence-corrected chi connectivity index (χ4v) is 3.25. The van der Waals surface area contributed by atoms with Gasteiger partial charge >= 0.3 is 0 Å². The van der Waals surface area contributed by atoms with Crippen LogP contribution in [0.3, 0.4) is 0 Å². The van der Waals surface area contributed by atoms with Crippen molar-refractivity contribution in [2.75, 3.05) is 12.3 Å². The maximum atomic E-state index is 10.3. The molecule has 0 heterocycles. The second kappa shape index (κ2) is 5.61. The van der Waals surface area contributed by atoms with E-state index in [1.165, 1.54) is 5.56 Å². The largest absolute Gasteiger partial charge is 0.387 e. The predicted octanol–water partition coefficient (Wildman–Crippen LogP) is 2.67. The lowest BCUT2D eigenvalue weighted by atomic mass is 10.0. The lowest BCUT2D eigenvalue weighted by Gasteiger charge is -2.25. The van der Waals surface area contributed by atoms with Crippen LogP contribution in [0.4, 0.5) is 0 Å². The van der Waals surface area contributed by atoms with Crippen LogP contribution in [0, 0.1) is 5.92 Å². The Bertz CT molecular complexity index is 366. The van der Waals surface area contributed by atoms with Gasteiger partial charge < -0.3 is 10.8 Å². The Balaban J connectivity index is 1.80. The highest BCUT2D eigenvalue weighted by Crippen LogP contribution is 2.41. The summed E-state index contributed by atoms with van der Waals surface area (Å²) in [5.74, 6) is 2.04. The zero-order valence-electron chi connectivity index (χ0n) is 9.73. The van der Waals surface area contributed by atoms with Gasteiger partial charge in [0.2, 0.25) is 0 Å². The maximum absolute atomic E-state index is 10.3. The van der Waals surface area contributed by atoms with Crippen molar-refractivity contribution in [3.63, 3.8) is 0 Å². The third kappa shape index (κ3) is 3.62. The molecular weight excluding hydrogens is 254 g/mol. The summed E-state index contributed by atoms with van der Waals surface area (Å²) >= 11 is 7.57. The third-order valence-electron chi connectivity index (χ3n) is 3.22. The molecule has 1 fully saturated rings. The van der Waals surface area contributed by atoms with Crippen LogP contribution in [0.2, 0.25) is 5.02 Å². The fourth-order valence-electron chi connectivity index (χ4n) is 1.89. The quantitative estimate of drug-likeness (QED) is 0.836. The Morgan fingerprint density at radius 2 is 2.00 bits per heavy atom. The number of nitrogens with two attached hydrogens (primary N) is 1. The number of hydrogen-bond donors (Lipinski definition) is 2. The number of benzene rings is 1. The Hall–Kier alpha value is -0.220. The average molecular weight is 272 g/mol. The SMILES string of the molecule is NCC(O)(CSCc1ccc(Cl)cc1)C1CC1. The van der Waals surface area contributed by atoms with Crippen LogP contribution in [0.5, 0.6) is 0 Å². The fraction of sp³-hybridized carbons (Fsp3) is 0.538. The highest BCUT2D eigenvalue weighted by Gasteiger charge is 2.42. The predicted molar refractivity (Wildman–Crippen MR) is 74.3 cm³/mol. The maximum Gasteiger partial charge on any atom is 0.0887 e. The van der Waals surface area contributed by atoms with E-state index < -0.39 is 5.60 Å². The van der Waals surface area contributed by atoms with E-state index in [1.54, 1.807) is 11.8 Å². The minimum absolute atomic E-state index is 0.366. The summed E-state index contributed by atoms with van der Waals surface area (Å²) in [6.07, 6.45) is 2.24. The molecule has 0 amide bonds. The van der Waals surface area contributed by atoms with E-state index in [9.17, 15) is 5.11 Å². The normalized spacial score (nSPS) is 19.0. The molecule has 1 atom stereocenters. The Labute approximate surface area is 112 Å². The topological polar surface area (TPSA) is 46.2 Å². The van der Waals surface area contributed by atoms with E-state index in [0.29, 0.717) is 12.5 Å². The van der Waals surface area contributed by atoms with E-state index in [-0.39, 0.29) is 0 Å². The van der Waals surface area contributed by atoms with E-state index in [2.05, 4.69) is 0 Å². The van der Waals surface area contributed by atoms with Crippen LogP contribution < -0.4 is 5.73 Å². The number of aliphatic hydroxyl groups is 1. The van der Waals surface area contributed by atoms with Crippen LogP contribution >= 0.6 is 23.4 Å². The number of thioether (sulfide) groups is 1. The van der Waals surface area contributed by atoms with Crippen LogP contribution in [0.15, 0.2) is 24.3 Å². The molecule has 0 saturated heterocycles. The summed E-state index contributed by atoms with van der Waals surface area (Å²) < 4.78 is 0. The second-order valence-electron chi connectivity index (χ2n) is 4.70. The van der Waals surface area contributed by atoms with Crippen molar-refractivity contribution >= 4 is 23.4 Å². The van der Waals surface area contributed by atoms with Gasteiger partial charge in [-0.25, -0.2) is 0 Å². The van der Waals surface area contributed by atoms with Gasteiger partial charge in [0.15, 0.2) is 0 Å². The first kappa shape index (κ1) is 13.2. The average Bonchev–Trinajstić information content (AvgIpc) is 3.16. The molecule has 2 nitrogen and oxygen atoms in total. The molecule has 1 aromatic rings. The van der Waals surface area contributed by atoms with Crippen molar-refractivity contribution in [1.29, 1.82) is 0 Å². The summed E-state index contributed by atoms with van der Waals surface area (Å²) in [5, 5.41) is 11.1. The molecule has 1 saturated carbocycles.